The van der Waals surface area contributed by atoms with Gasteiger partial charge >= 0.3 is 6.03 Å². The Labute approximate surface area is 146 Å². The molecule has 6 nitrogen and oxygen atoms in total. The Kier molecular flexibility index (Phi) is 5.42. The summed E-state index contributed by atoms with van der Waals surface area (Å²) < 4.78 is 0. The SMILES string of the molecule is CN1CC[C@@H](N(C)C(=O)NCCc2csc(-c3ccncc3)n2)C1. The van der Waals surface area contributed by atoms with Crippen LogP contribution in [0, 0.1) is 0 Å². The Balaban J connectivity index is 1.46. The molecule has 1 atom stereocenters. The third-order valence-electron chi connectivity index (χ3n) is 4.37. The van der Waals surface area contributed by atoms with E-state index < -0.39 is 0 Å². The van der Waals surface area contributed by atoms with Gasteiger partial charge in [0.25, 0.3) is 0 Å². The van der Waals surface area contributed by atoms with E-state index in [1.165, 1.54) is 0 Å². The van der Waals surface area contributed by atoms with Crippen molar-refractivity contribution in [2.24, 2.45) is 0 Å². The van der Waals surface area contributed by atoms with Gasteiger partial charge in [-0.1, -0.05) is 0 Å². The molecule has 0 unspecified atom stereocenters. The molecule has 0 aromatic carbocycles. The van der Waals surface area contributed by atoms with E-state index in [1.807, 2.05) is 24.1 Å². The first-order chi connectivity index (χ1) is 11.6. The van der Waals surface area contributed by atoms with E-state index in [-0.39, 0.29) is 6.03 Å². The number of hydrogen-bond acceptors (Lipinski definition) is 5. The minimum Gasteiger partial charge on any atom is -0.338 e. The lowest BCUT2D eigenvalue weighted by Gasteiger charge is -2.24. The lowest BCUT2D eigenvalue weighted by molar-refractivity contribution is 0.191. The molecule has 0 bridgehead atoms. The first-order valence-electron chi connectivity index (χ1n) is 8.17. The molecule has 0 aliphatic carbocycles. The molecule has 1 N–H and O–H groups in total. The zero-order chi connectivity index (χ0) is 16.9. The number of likely N-dealkylation sites (N-methyl/N-ethyl adjacent to an activating group) is 2. The number of urea groups is 1. The average Bonchev–Trinajstić information content (AvgIpc) is 3.24. The Morgan fingerprint density at radius 1 is 1.46 bits per heavy atom. The summed E-state index contributed by atoms with van der Waals surface area (Å²) in [5.74, 6) is 0. The van der Waals surface area contributed by atoms with E-state index in [2.05, 4.69) is 32.6 Å². The average molecular weight is 345 g/mol. The second kappa shape index (κ2) is 7.72. The normalized spacial score (nSPS) is 17.8. The van der Waals surface area contributed by atoms with Crippen LogP contribution in [0.2, 0.25) is 0 Å². The maximum absolute atomic E-state index is 12.2. The highest BCUT2D eigenvalue weighted by molar-refractivity contribution is 7.13. The van der Waals surface area contributed by atoms with Gasteiger partial charge in [-0.05, 0) is 32.1 Å². The molecule has 1 aliphatic rings. The molecule has 0 spiro atoms. The number of hydrogen-bond donors (Lipinski definition) is 1. The molecular weight excluding hydrogens is 322 g/mol. The summed E-state index contributed by atoms with van der Waals surface area (Å²) in [6.45, 7) is 2.61. The van der Waals surface area contributed by atoms with Crippen molar-refractivity contribution >= 4 is 17.4 Å². The van der Waals surface area contributed by atoms with Gasteiger partial charge in [0.1, 0.15) is 5.01 Å². The number of nitrogens with zero attached hydrogens (tertiary/aromatic N) is 4. The third kappa shape index (κ3) is 4.10. The van der Waals surface area contributed by atoms with Crippen LogP contribution in [0.3, 0.4) is 0 Å². The smallest absolute Gasteiger partial charge is 0.317 e. The lowest BCUT2D eigenvalue weighted by atomic mass is 10.2. The van der Waals surface area contributed by atoms with Gasteiger partial charge in [0.2, 0.25) is 0 Å². The number of carbonyl (C=O) groups is 1. The predicted octanol–water partition coefficient (Wildman–Crippen LogP) is 2.09. The number of pyridine rings is 1. The van der Waals surface area contributed by atoms with Crippen molar-refractivity contribution in [2.75, 3.05) is 33.7 Å². The number of amides is 2. The molecule has 2 amide bonds. The Morgan fingerprint density at radius 2 is 2.25 bits per heavy atom. The highest BCUT2D eigenvalue weighted by Crippen LogP contribution is 2.22. The monoisotopic (exact) mass is 345 g/mol. The van der Waals surface area contributed by atoms with Gasteiger partial charge in [0, 0.05) is 55.9 Å². The zero-order valence-electron chi connectivity index (χ0n) is 14.1. The van der Waals surface area contributed by atoms with Crippen LogP contribution in [0.25, 0.3) is 10.6 Å². The van der Waals surface area contributed by atoms with Crippen molar-refractivity contribution in [3.63, 3.8) is 0 Å². The predicted molar refractivity (Wildman–Crippen MR) is 96.1 cm³/mol. The van der Waals surface area contributed by atoms with E-state index >= 15 is 0 Å². The molecule has 128 valence electrons. The van der Waals surface area contributed by atoms with Crippen LogP contribution in [-0.2, 0) is 6.42 Å². The fraction of sp³-hybridized carbons (Fsp3) is 0.471. The number of likely N-dealkylation sites (tertiary alicyclic amines) is 1. The van der Waals surface area contributed by atoms with Crippen molar-refractivity contribution in [3.05, 3.63) is 35.6 Å². The molecule has 24 heavy (non-hydrogen) atoms. The highest BCUT2D eigenvalue weighted by Gasteiger charge is 2.26. The van der Waals surface area contributed by atoms with Crippen LogP contribution in [0.15, 0.2) is 29.9 Å². The van der Waals surface area contributed by atoms with Crippen molar-refractivity contribution < 1.29 is 4.79 Å². The number of rotatable bonds is 5. The van der Waals surface area contributed by atoms with Crippen molar-refractivity contribution in [2.45, 2.75) is 18.9 Å². The number of carbonyl (C=O) groups excluding carboxylic acids is 1. The second-order valence-electron chi connectivity index (χ2n) is 6.18. The van der Waals surface area contributed by atoms with Crippen LogP contribution in [0.5, 0.6) is 0 Å². The topological polar surface area (TPSA) is 61.4 Å². The summed E-state index contributed by atoms with van der Waals surface area (Å²) in [5, 5.41) is 6.04. The van der Waals surface area contributed by atoms with E-state index in [9.17, 15) is 4.79 Å². The Hall–Kier alpha value is -1.99. The fourth-order valence-electron chi connectivity index (χ4n) is 2.86. The van der Waals surface area contributed by atoms with Crippen molar-refractivity contribution in [1.82, 2.24) is 25.1 Å². The molecule has 2 aromatic heterocycles. The molecule has 1 saturated heterocycles. The summed E-state index contributed by atoms with van der Waals surface area (Å²) >= 11 is 1.62. The summed E-state index contributed by atoms with van der Waals surface area (Å²) in [6, 6.07) is 4.23. The largest absolute Gasteiger partial charge is 0.338 e. The quantitative estimate of drug-likeness (QED) is 0.901. The molecule has 3 heterocycles. The van der Waals surface area contributed by atoms with Crippen LogP contribution < -0.4 is 5.32 Å². The molecule has 1 fully saturated rings. The zero-order valence-corrected chi connectivity index (χ0v) is 14.9. The summed E-state index contributed by atoms with van der Waals surface area (Å²) in [5.41, 5.74) is 2.09. The Bertz CT molecular complexity index is 675. The van der Waals surface area contributed by atoms with E-state index in [0.29, 0.717) is 12.6 Å². The van der Waals surface area contributed by atoms with E-state index in [0.717, 1.165) is 42.2 Å². The summed E-state index contributed by atoms with van der Waals surface area (Å²) in [6.07, 6.45) is 5.33. The van der Waals surface area contributed by atoms with Crippen LogP contribution in [-0.4, -0.2) is 65.6 Å². The molecule has 7 heteroatoms. The van der Waals surface area contributed by atoms with Gasteiger partial charge in [-0.2, -0.15) is 0 Å². The highest BCUT2D eigenvalue weighted by atomic mass is 32.1. The van der Waals surface area contributed by atoms with Crippen LogP contribution in [0.1, 0.15) is 12.1 Å². The van der Waals surface area contributed by atoms with Crippen molar-refractivity contribution in [3.8, 4) is 10.6 Å². The summed E-state index contributed by atoms with van der Waals surface area (Å²) in [4.78, 5) is 25.0. The number of thiazole rings is 1. The number of nitrogens with one attached hydrogen (secondary N) is 1. The third-order valence-corrected chi connectivity index (χ3v) is 5.31. The molecule has 0 radical (unpaired) electrons. The maximum atomic E-state index is 12.2. The van der Waals surface area contributed by atoms with Gasteiger partial charge in [-0.3, -0.25) is 4.98 Å². The first-order valence-corrected chi connectivity index (χ1v) is 9.05. The Morgan fingerprint density at radius 3 is 2.96 bits per heavy atom. The van der Waals surface area contributed by atoms with Gasteiger partial charge in [0.15, 0.2) is 0 Å². The number of aromatic nitrogens is 2. The van der Waals surface area contributed by atoms with E-state index in [1.54, 1.807) is 23.7 Å². The summed E-state index contributed by atoms with van der Waals surface area (Å²) in [7, 11) is 3.97. The van der Waals surface area contributed by atoms with Crippen LogP contribution in [0.4, 0.5) is 4.79 Å². The van der Waals surface area contributed by atoms with Gasteiger partial charge < -0.3 is 15.1 Å². The van der Waals surface area contributed by atoms with Crippen molar-refractivity contribution in [1.29, 1.82) is 0 Å². The van der Waals surface area contributed by atoms with E-state index in [4.69, 9.17) is 0 Å². The van der Waals surface area contributed by atoms with Gasteiger partial charge in [-0.25, -0.2) is 9.78 Å². The molecule has 3 rings (SSSR count). The lowest BCUT2D eigenvalue weighted by Crippen LogP contribution is -2.45. The van der Waals surface area contributed by atoms with Crippen LogP contribution >= 0.6 is 11.3 Å². The molecule has 0 saturated carbocycles. The minimum absolute atomic E-state index is 0.000105. The fourth-order valence-corrected chi connectivity index (χ4v) is 3.73. The molecule has 1 aliphatic heterocycles. The van der Waals surface area contributed by atoms with Gasteiger partial charge in [0.05, 0.1) is 5.69 Å². The van der Waals surface area contributed by atoms with Gasteiger partial charge in [-0.15, -0.1) is 11.3 Å². The maximum Gasteiger partial charge on any atom is 0.317 e. The molecule has 2 aromatic rings. The second-order valence-corrected chi connectivity index (χ2v) is 7.04. The standard InChI is InChI=1S/C17H23N5OS/c1-21-10-6-15(11-21)22(2)17(23)19-9-5-14-12-24-16(20-14)13-3-7-18-8-4-13/h3-4,7-8,12,15H,5-6,9-11H2,1-2H3,(H,19,23)/t15-/m1/s1. The molecular formula is C17H23N5OS. The first kappa shape index (κ1) is 16.9. The minimum atomic E-state index is -0.000105.